The number of likely N-dealkylation sites (tertiary alicyclic amines) is 1. The summed E-state index contributed by atoms with van der Waals surface area (Å²) in [6, 6.07) is 7.00. The van der Waals surface area contributed by atoms with E-state index in [4.69, 9.17) is 0 Å². The summed E-state index contributed by atoms with van der Waals surface area (Å²) in [5.74, 6) is -0.771. The van der Waals surface area contributed by atoms with E-state index in [0.29, 0.717) is 30.6 Å². The molecule has 0 aliphatic carbocycles. The molecule has 1 N–H and O–H groups in total. The van der Waals surface area contributed by atoms with Crippen LogP contribution in [0.15, 0.2) is 24.3 Å². The molecular formula is C19H28N4O4S. The number of hydrogen-bond acceptors (Lipinski definition) is 4. The molecule has 0 bridgehead atoms. The SMILES string of the molecule is CN(C)S(=O)(=O)N1CCC[C@H](C(=O)Nc2ccccc2C(=O)N2CCCC2)C1. The van der Waals surface area contributed by atoms with Crippen LogP contribution in [-0.2, 0) is 15.0 Å². The van der Waals surface area contributed by atoms with Crippen LogP contribution >= 0.6 is 0 Å². The minimum absolute atomic E-state index is 0.0751. The predicted octanol–water partition coefficient (Wildman–Crippen LogP) is 1.38. The van der Waals surface area contributed by atoms with E-state index >= 15 is 0 Å². The van der Waals surface area contributed by atoms with E-state index in [-0.39, 0.29) is 18.4 Å². The predicted molar refractivity (Wildman–Crippen MR) is 107 cm³/mol. The molecule has 1 aromatic carbocycles. The van der Waals surface area contributed by atoms with Crippen molar-refractivity contribution < 1.29 is 18.0 Å². The Bertz CT molecular complexity index is 834. The molecular weight excluding hydrogens is 380 g/mol. The Morgan fingerprint density at radius 1 is 1.07 bits per heavy atom. The standard InChI is InChI=1S/C19H28N4O4S/c1-21(2)28(26,27)23-13-7-8-15(14-23)18(24)20-17-10-4-3-9-16(17)19(25)22-11-5-6-12-22/h3-4,9-10,15H,5-8,11-14H2,1-2H3,(H,20,24)/t15-/m0/s1. The fraction of sp³-hybridized carbons (Fsp3) is 0.579. The van der Waals surface area contributed by atoms with E-state index in [2.05, 4.69) is 5.32 Å². The average Bonchev–Trinajstić information content (AvgIpc) is 3.22. The van der Waals surface area contributed by atoms with Crippen LogP contribution in [0.1, 0.15) is 36.0 Å². The molecule has 3 rings (SSSR count). The maximum atomic E-state index is 12.8. The maximum absolute atomic E-state index is 12.8. The Hall–Kier alpha value is -1.97. The second-order valence-corrected chi connectivity index (χ2v) is 9.66. The number of nitrogens with one attached hydrogen (secondary N) is 1. The molecule has 0 saturated carbocycles. The van der Waals surface area contributed by atoms with Crippen molar-refractivity contribution in [1.82, 2.24) is 13.5 Å². The summed E-state index contributed by atoms with van der Waals surface area (Å²) in [5, 5.41) is 2.86. The topological polar surface area (TPSA) is 90.0 Å². The van der Waals surface area contributed by atoms with Crippen molar-refractivity contribution in [3.05, 3.63) is 29.8 Å². The molecule has 28 heavy (non-hydrogen) atoms. The second-order valence-electron chi connectivity index (χ2n) is 7.52. The summed E-state index contributed by atoms with van der Waals surface area (Å²) in [6.45, 7) is 2.03. The van der Waals surface area contributed by atoms with Gasteiger partial charge in [0.1, 0.15) is 0 Å². The molecule has 0 unspecified atom stereocenters. The van der Waals surface area contributed by atoms with Gasteiger partial charge in [-0.2, -0.15) is 17.0 Å². The highest BCUT2D eigenvalue weighted by molar-refractivity contribution is 7.86. The fourth-order valence-electron chi connectivity index (χ4n) is 3.70. The third-order valence-corrected chi connectivity index (χ3v) is 7.26. The molecule has 1 aromatic rings. The minimum Gasteiger partial charge on any atom is -0.339 e. The monoisotopic (exact) mass is 408 g/mol. The van der Waals surface area contributed by atoms with Crippen LogP contribution in [0.25, 0.3) is 0 Å². The molecule has 154 valence electrons. The van der Waals surface area contributed by atoms with Gasteiger partial charge in [-0.05, 0) is 37.8 Å². The number of benzene rings is 1. The molecule has 0 radical (unpaired) electrons. The van der Waals surface area contributed by atoms with Crippen molar-refractivity contribution in [2.24, 2.45) is 5.92 Å². The van der Waals surface area contributed by atoms with Gasteiger partial charge < -0.3 is 10.2 Å². The summed E-state index contributed by atoms with van der Waals surface area (Å²) in [4.78, 5) is 27.4. The van der Waals surface area contributed by atoms with E-state index < -0.39 is 16.1 Å². The van der Waals surface area contributed by atoms with Crippen LogP contribution in [-0.4, -0.2) is 74.0 Å². The van der Waals surface area contributed by atoms with Gasteiger partial charge in [0.15, 0.2) is 0 Å². The van der Waals surface area contributed by atoms with Gasteiger partial charge in [0.25, 0.3) is 16.1 Å². The Kier molecular flexibility index (Phi) is 6.36. The lowest BCUT2D eigenvalue weighted by molar-refractivity contribution is -0.120. The van der Waals surface area contributed by atoms with Crippen molar-refractivity contribution in [2.45, 2.75) is 25.7 Å². The van der Waals surface area contributed by atoms with E-state index in [1.54, 1.807) is 29.2 Å². The van der Waals surface area contributed by atoms with Gasteiger partial charge in [-0.3, -0.25) is 9.59 Å². The van der Waals surface area contributed by atoms with Crippen LogP contribution in [0.4, 0.5) is 5.69 Å². The lowest BCUT2D eigenvalue weighted by atomic mass is 9.98. The molecule has 9 heteroatoms. The summed E-state index contributed by atoms with van der Waals surface area (Å²) in [6.07, 6.45) is 3.24. The Morgan fingerprint density at radius 3 is 2.43 bits per heavy atom. The Balaban J connectivity index is 1.72. The van der Waals surface area contributed by atoms with Crippen molar-refractivity contribution in [3.63, 3.8) is 0 Å². The third kappa shape index (κ3) is 4.37. The highest BCUT2D eigenvalue weighted by atomic mass is 32.2. The van der Waals surface area contributed by atoms with Gasteiger partial charge in [0.05, 0.1) is 17.2 Å². The van der Waals surface area contributed by atoms with Crippen LogP contribution in [0.5, 0.6) is 0 Å². The van der Waals surface area contributed by atoms with E-state index in [1.165, 1.54) is 18.4 Å². The van der Waals surface area contributed by atoms with Crippen LogP contribution in [0, 0.1) is 5.92 Å². The highest BCUT2D eigenvalue weighted by Crippen LogP contribution is 2.24. The molecule has 8 nitrogen and oxygen atoms in total. The van der Waals surface area contributed by atoms with E-state index in [0.717, 1.165) is 30.2 Å². The molecule has 2 aliphatic heterocycles. The molecule has 1 atom stereocenters. The zero-order valence-corrected chi connectivity index (χ0v) is 17.2. The number of amides is 2. The highest BCUT2D eigenvalue weighted by Gasteiger charge is 2.34. The van der Waals surface area contributed by atoms with Crippen molar-refractivity contribution >= 4 is 27.7 Å². The van der Waals surface area contributed by atoms with Crippen molar-refractivity contribution in [3.8, 4) is 0 Å². The number of hydrogen-bond donors (Lipinski definition) is 1. The quantitative estimate of drug-likeness (QED) is 0.797. The first-order valence-corrected chi connectivity index (χ1v) is 11.1. The first kappa shape index (κ1) is 20.8. The molecule has 2 amide bonds. The minimum atomic E-state index is -3.55. The number of rotatable bonds is 5. The van der Waals surface area contributed by atoms with Crippen LogP contribution in [0.2, 0.25) is 0 Å². The molecule has 2 saturated heterocycles. The molecule has 2 heterocycles. The lowest BCUT2D eigenvalue weighted by Crippen LogP contribution is -2.47. The summed E-state index contributed by atoms with van der Waals surface area (Å²) < 4.78 is 27.3. The van der Waals surface area contributed by atoms with Gasteiger partial charge >= 0.3 is 0 Å². The number of nitrogens with zero attached hydrogens (tertiary/aromatic N) is 3. The fourth-order valence-corrected chi connectivity index (χ4v) is 4.89. The zero-order chi connectivity index (χ0) is 20.3. The van der Waals surface area contributed by atoms with E-state index in [1.807, 2.05) is 0 Å². The Morgan fingerprint density at radius 2 is 1.75 bits per heavy atom. The van der Waals surface area contributed by atoms with Crippen molar-refractivity contribution in [1.29, 1.82) is 0 Å². The zero-order valence-electron chi connectivity index (χ0n) is 16.4. The van der Waals surface area contributed by atoms with Gasteiger partial charge in [0.2, 0.25) is 5.91 Å². The molecule has 2 aliphatic rings. The van der Waals surface area contributed by atoms with Crippen molar-refractivity contribution in [2.75, 3.05) is 45.6 Å². The molecule has 0 spiro atoms. The van der Waals surface area contributed by atoms with Gasteiger partial charge in [-0.25, -0.2) is 0 Å². The van der Waals surface area contributed by atoms with E-state index in [9.17, 15) is 18.0 Å². The van der Waals surface area contributed by atoms with Gasteiger partial charge in [-0.15, -0.1) is 0 Å². The Labute approximate surface area is 166 Å². The molecule has 0 aromatic heterocycles. The first-order chi connectivity index (χ1) is 13.3. The molecule has 2 fully saturated rings. The van der Waals surface area contributed by atoms with Gasteiger partial charge in [0, 0.05) is 40.3 Å². The lowest BCUT2D eigenvalue weighted by Gasteiger charge is -2.32. The number of para-hydroxylation sites is 1. The number of carbonyl (C=O) groups is 2. The largest absolute Gasteiger partial charge is 0.339 e. The number of anilines is 1. The smallest absolute Gasteiger partial charge is 0.281 e. The average molecular weight is 409 g/mol. The number of carbonyl (C=O) groups excluding carboxylic acids is 2. The van der Waals surface area contributed by atoms with Gasteiger partial charge in [-0.1, -0.05) is 12.1 Å². The summed E-state index contributed by atoms with van der Waals surface area (Å²) in [7, 11) is -0.575. The normalized spacial score (nSPS) is 21.1. The maximum Gasteiger partial charge on any atom is 0.281 e. The van der Waals surface area contributed by atoms with Crippen LogP contribution in [0.3, 0.4) is 0 Å². The summed E-state index contributed by atoms with van der Waals surface area (Å²) in [5.41, 5.74) is 0.961. The third-order valence-electron chi connectivity index (χ3n) is 5.35. The van der Waals surface area contributed by atoms with Crippen LogP contribution < -0.4 is 5.32 Å². The second kappa shape index (κ2) is 8.59. The first-order valence-electron chi connectivity index (χ1n) is 9.67. The number of piperidine rings is 1. The summed E-state index contributed by atoms with van der Waals surface area (Å²) >= 11 is 0.